The van der Waals surface area contributed by atoms with Gasteiger partial charge in [0.1, 0.15) is 6.54 Å². The summed E-state index contributed by atoms with van der Waals surface area (Å²) in [7, 11) is 0. The van der Waals surface area contributed by atoms with Crippen molar-refractivity contribution in [3.63, 3.8) is 0 Å². The van der Waals surface area contributed by atoms with Crippen molar-refractivity contribution >= 4 is 40.7 Å². The SMILES string of the molecule is C=CCNC(=O)CN(C(C)=O)c1ccc(Cl)c(Cl)c1. The number of carbonyl (C=O) groups is 2. The predicted octanol–water partition coefficient (Wildman–Crippen LogP) is 2.65. The Morgan fingerprint density at radius 3 is 2.58 bits per heavy atom. The summed E-state index contributed by atoms with van der Waals surface area (Å²) in [6, 6.07) is 4.76. The van der Waals surface area contributed by atoms with Crippen LogP contribution in [0.2, 0.25) is 10.0 Å². The van der Waals surface area contributed by atoms with E-state index in [1.807, 2.05) is 0 Å². The van der Waals surface area contributed by atoms with Gasteiger partial charge in [-0.2, -0.15) is 0 Å². The summed E-state index contributed by atoms with van der Waals surface area (Å²) in [4.78, 5) is 24.5. The third-order valence-electron chi connectivity index (χ3n) is 2.34. The summed E-state index contributed by atoms with van der Waals surface area (Å²) in [5.41, 5.74) is 0.524. The summed E-state index contributed by atoms with van der Waals surface area (Å²) in [6.07, 6.45) is 1.56. The van der Waals surface area contributed by atoms with Gasteiger partial charge in [0.2, 0.25) is 11.8 Å². The average Bonchev–Trinajstić information content (AvgIpc) is 2.36. The fraction of sp³-hybridized carbons (Fsp3) is 0.231. The number of nitrogens with one attached hydrogen (secondary N) is 1. The molecule has 0 aromatic heterocycles. The molecular formula is C13H14Cl2N2O2. The van der Waals surface area contributed by atoms with Crippen molar-refractivity contribution in [1.29, 1.82) is 0 Å². The normalized spacial score (nSPS) is 9.84. The highest BCUT2D eigenvalue weighted by molar-refractivity contribution is 6.42. The highest BCUT2D eigenvalue weighted by Gasteiger charge is 2.16. The van der Waals surface area contributed by atoms with Crippen LogP contribution in [0.25, 0.3) is 0 Å². The van der Waals surface area contributed by atoms with E-state index in [-0.39, 0.29) is 18.4 Å². The van der Waals surface area contributed by atoms with Crippen molar-refractivity contribution in [1.82, 2.24) is 5.32 Å². The molecule has 1 N–H and O–H groups in total. The fourth-order valence-corrected chi connectivity index (χ4v) is 1.72. The van der Waals surface area contributed by atoms with Crippen LogP contribution >= 0.6 is 23.2 Å². The van der Waals surface area contributed by atoms with Gasteiger partial charge < -0.3 is 10.2 Å². The van der Waals surface area contributed by atoms with Gasteiger partial charge in [0.15, 0.2) is 0 Å². The van der Waals surface area contributed by atoms with Crippen molar-refractivity contribution < 1.29 is 9.59 Å². The highest BCUT2D eigenvalue weighted by atomic mass is 35.5. The van der Waals surface area contributed by atoms with Gasteiger partial charge in [-0.15, -0.1) is 6.58 Å². The molecule has 2 amide bonds. The molecule has 4 nitrogen and oxygen atoms in total. The molecule has 0 atom stereocenters. The van der Waals surface area contributed by atoms with E-state index in [1.54, 1.807) is 24.3 Å². The molecule has 0 heterocycles. The number of hydrogen-bond acceptors (Lipinski definition) is 2. The first-order valence-corrected chi connectivity index (χ1v) is 6.32. The maximum absolute atomic E-state index is 11.6. The maximum Gasteiger partial charge on any atom is 0.240 e. The number of halogens is 2. The number of hydrogen-bond donors (Lipinski definition) is 1. The number of anilines is 1. The van der Waals surface area contributed by atoms with Crippen LogP contribution in [0.4, 0.5) is 5.69 Å². The Labute approximate surface area is 122 Å². The van der Waals surface area contributed by atoms with Crippen LogP contribution in [0.5, 0.6) is 0 Å². The first-order valence-electron chi connectivity index (χ1n) is 5.56. The van der Waals surface area contributed by atoms with Crippen LogP contribution in [0.15, 0.2) is 30.9 Å². The minimum absolute atomic E-state index is 0.0822. The van der Waals surface area contributed by atoms with E-state index in [0.29, 0.717) is 22.3 Å². The molecule has 0 spiro atoms. The predicted molar refractivity (Wildman–Crippen MR) is 77.7 cm³/mol. The van der Waals surface area contributed by atoms with Gasteiger partial charge in [-0.25, -0.2) is 0 Å². The third kappa shape index (κ3) is 4.58. The van der Waals surface area contributed by atoms with Crippen LogP contribution in [0.3, 0.4) is 0 Å². The second-order valence-electron chi connectivity index (χ2n) is 3.80. The summed E-state index contributed by atoms with van der Waals surface area (Å²) < 4.78 is 0. The van der Waals surface area contributed by atoms with E-state index >= 15 is 0 Å². The highest BCUT2D eigenvalue weighted by Crippen LogP contribution is 2.27. The molecule has 1 aromatic carbocycles. The van der Waals surface area contributed by atoms with Crippen LogP contribution in [0, 0.1) is 0 Å². The van der Waals surface area contributed by atoms with Crippen molar-refractivity contribution in [2.75, 3.05) is 18.0 Å². The van der Waals surface area contributed by atoms with Gasteiger partial charge >= 0.3 is 0 Å². The second kappa shape index (κ2) is 7.16. The minimum atomic E-state index is -0.277. The van der Waals surface area contributed by atoms with Gasteiger partial charge in [-0.3, -0.25) is 9.59 Å². The van der Waals surface area contributed by atoms with E-state index < -0.39 is 0 Å². The lowest BCUT2D eigenvalue weighted by atomic mass is 10.2. The van der Waals surface area contributed by atoms with Crippen molar-refractivity contribution in [3.05, 3.63) is 40.9 Å². The Balaban J connectivity index is 2.88. The number of nitrogens with zero attached hydrogens (tertiary/aromatic N) is 1. The maximum atomic E-state index is 11.6. The number of benzene rings is 1. The van der Waals surface area contributed by atoms with Gasteiger partial charge in [0.25, 0.3) is 0 Å². The Morgan fingerprint density at radius 1 is 1.37 bits per heavy atom. The standard InChI is InChI=1S/C13H14Cl2N2O2/c1-3-6-16-13(19)8-17(9(2)18)10-4-5-11(14)12(15)7-10/h3-5,7H,1,6,8H2,2H3,(H,16,19). The van der Waals surface area contributed by atoms with E-state index in [0.717, 1.165) is 0 Å². The van der Waals surface area contributed by atoms with Crippen LogP contribution in [0.1, 0.15) is 6.92 Å². The molecule has 1 rings (SSSR count). The molecule has 0 aliphatic carbocycles. The first kappa shape index (κ1) is 15.5. The van der Waals surface area contributed by atoms with Crippen LogP contribution in [-0.4, -0.2) is 24.9 Å². The molecule has 0 unspecified atom stereocenters. The van der Waals surface area contributed by atoms with Crippen molar-refractivity contribution in [3.8, 4) is 0 Å². The summed E-state index contributed by atoms with van der Waals surface area (Å²) >= 11 is 11.7. The number of rotatable bonds is 5. The molecule has 0 aliphatic rings. The minimum Gasteiger partial charge on any atom is -0.351 e. The largest absolute Gasteiger partial charge is 0.351 e. The van der Waals surface area contributed by atoms with Gasteiger partial charge in [0.05, 0.1) is 10.0 Å². The molecule has 6 heteroatoms. The quantitative estimate of drug-likeness (QED) is 0.850. The smallest absolute Gasteiger partial charge is 0.240 e. The van der Waals surface area contributed by atoms with Gasteiger partial charge in [-0.1, -0.05) is 29.3 Å². The Bertz CT molecular complexity index is 503. The molecule has 19 heavy (non-hydrogen) atoms. The molecule has 0 fully saturated rings. The zero-order chi connectivity index (χ0) is 14.4. The van der Waals surface area contributed by atoms with E-state index in [1.165, 1.54) is 11.8 Å². The third-order valence-corrected chi connectivity index (χ3v) is 3.08. The zero-order valence-corrected chi connectivity index (χ0v) is 12.0. The lowest BCUT2D eigenvalue weighted by molar-refractivity contribution is -0.122. The molecule has 0 radical (unpaired) electrons. The first-order chi connectivity index (χ1) is 8.95. The fourth-order valence-electron chi connectivity index (χ4n) is 1.42. The monoisotopic (exact) mass is 300 g/mol. The molecule has 102 valence electrons. The molecular weight excluding hydrogens is 287 g/mol. The lowest BCUT2D eigenvalue weighted by Gasteiger charge is -2.21. The van der Waals surface area contributed by atoms with Crippen molar-refractivity contribution in [2.24, 2.45) is 0 Å². The molecule has 0 saturated heterocycles. The lowest BCUT2D eigenvalue weighted by Crippen LogP contribution is -2.39. The van der Waals surface area contributed by atoms with Gasteiger partial charge in [0, 0.05) is 19.2 Å². The summed E-state index contributed by atoms with van der Waals surface area (Å²) in [5.74, 6) is -0.534. The second-order valence-corrected chi connectivity index (χ2v) is 4.61. The number of amides is 2. The number of carbonyl (C=O) groups excluding carboxylic acids is 2. The summed E-state index contributed by atoms with van der Waals surface area (Å²) in [6.45, 7) is 5.15. The van der Waals surface area contributed by atoms with E-state index in [4.69, 9.17) is 23.2 Å². The molecule has 0 aliphatic heterocycles. The van der Waals surface area contributed by atoms with Crippen LogP contribution in [-0.2, 0) is 9.59 Å². The Morgan fingerprint density at radius 2 is 2.05 bits per heavy atom. The topological polar surface area (TPSA) is 49.4 Å². The summed E-state index contributed by atoms with van der Waals surface area (Å²) in [5, 5.41) is 3.33. The van der Waals surface area contributed by atoms with Crippen LogP contribution < -0.4 is 10.2 Å². The Hall–Kier alpha value is -1.52. The van der Waals surface area contributed by atoms with Gasteiger partial charge in [-0.05, 0) is 18.2 Å². The molecule has 0 bridgehead atoms. The Kier molecular flexibility index (Phi) is 5.86. The van der Waals surface area contributed by atoms with E-state index in [2.05, 4.69) is 11.9 Å². The average molecular weight is 301 g/mol. The van der Waals surface area contributed by atoms with E-state index in [9.17, 15) is 9.59 Å². The van der Waals surface area contributed by atoms with Crippen molar-refractivity contribution in [2.45, 2.75) is 6.92 Å². The zero-order valence-electron chi connectivity index (χ0n) is 10.5. The molecule has 1 aromatic rings. The molecule has 0 saturated carbocycles.